The van der Waals surface area contributed by atoms with Gasteiger partial charge in [-0.1, -0.05) is 13.3 Å². The number of unbranched alkanes of at least 4 members (excludes halogenated alkanes) is 1. The van der Waals surface area contributed by atoms with E-state index in [1.54, 1.807) is 32.4 Å². The number of carbonyl (C=O) groups is 2. The molecule has 0 aromatic carbocycles. The fraction of sp³-hybridized carbons (Fsp3) is 0.333. The van der Waals surface area contributed by atoms with Crippen molar-refractivity contribution in [3.63, 3.8) is 0 Å². The maximum absolute atomic E-state index is 12.7. The molecule has 0 saturated carbocycles. The number of carbonyl (C=O) groups excluding carboxylic acids is 2. The Balaban J connectivity index is 2.25. The van der Waals surface area contributed by atoms with Crippen LogP contribution in [0.4, 0.5) is 11.5 Å². The van der Waals surface area contributed by atoms with Gasteiger partial charge in [0.25, 0.3) is 5.91 Å². The van der Waals surface area contributed by atoms with Crippen LogP contribution in [-0.2, 0) is 11.8 Å². The summed E-state index contributed by atoms with van der Waals surface area (Å²) >= 11 is 0. The van der Waals surface area contributed by atoms with Crippen molar-refractivity contribution in [2.24, 2.45) is 7.05 Å². The van der Waals surface area contributed by atoms with E-state index in [1.165, 1.54) is 27.8 Å². The summed E-state index contributed by atoms with van der Waals surface area (Å²) in [7, 11) is 3.16. The molecule has 0 aliphatic heterocycles. The third-order valence-electron chi connectivity index (χ3n) is 3.77. The molecule has 2 heterocycles. The van der Waals surface area contributed by atoms with Crippen LogP contribution in [0.25, 0.3) is 0 Å². The predicted octanol–water partition coefficient (Wildman–Crippen LogP) is 2.19. The van der Waals surface area contributed by atoms with Gasteiger partial charge in [-0.15, -0.1) is 0 Å². The Kier molecular flexibility index (Phi) is 6.05. The van der Waals surface area contributed by atoms with Gasteiger partial charge in [-0.3, -0.25) is 19.3 Å². The van der Waals surface area contributed by atoms with E-state index in [1.807, 2.05) is 6.92 Å². The fourth-order valence-corrected chi connectivity index (χ4v) is 2.32. The number of amides is 2. The molecule has 0 aliphatic rings. The first-order chi connectivity index (χ1) is 11.9. The van der Waals surface area contributed by atoms with Crippen molar-refractivity contribution in [2.45, 2.75) is 26.2 Å². The van der Waals surface area contributed by atoms with Crippen LogP contribution in [0.2, 0.25) is 0 Å². The number of nitrogens with zero attached hydrogens (tertiary/aromatic N) is 3. The second-order valence-corrected chi connectivity index (χ2v) is 5.76. The fourth-order valence-electron chi connectivity index (χ4n) is 2.32. The lowest BCUT2D eigenvalue weighted by atomic mass is 10.2. The quantitative estimate of drug-likeness (QED) is 0.872. The van der Waals surface area contributed by atoms with Crippen LogP contribution in [0.3, 0.4) is 0 Å². The molecule has 1 N–H and O–H groups in total. The number of hydrogen-bond donors (Lipinski definition) is 1. The van der Waals surface area contributed by atoms with Crippen LogP contribution in [0.15, 0.2) is 41.5 Å². The normalized spacial score (nSPS) is 10.4. The van der Waals surface area contributed by atoms with Gasteiger partial charge in [0.15, 0.2) is 5.82 Å². The van der Waals surface area contributed by atoms with Crippen LogP contribution >= 0.6 is 0 Å². The highest BCUT2D eigenvalue weighted by molar-refractivity contribution is 6.07. The third-order valence-corrected chi connectivity index (χ3v) is 3.77. The topological polar surface area (TPSA) is 84.3 Å². The van der Waals surface area contributed by atoms with Crippen molar-refractivity contribution in [3.8, 4) is 0 Å². The number of hydrogen-bond acceptors (Lipinski definition) is 4. The number of anilines is 2. The van der Waals surface area contributed by atoms with Gasteiger partial charge in [-0.05, 0) is 24.6 Å². The molecule has 0 radical (unpaired) electrons. The first-order valence-electron chi connectivity index (χ1n) is 8.13. The molecular weight excluding hydrogens is 320 g/mol. The second kappa shape index (κ2) is 8.23. The maximum atomic E-state index is 12.7. The molecule has 25 heavy (non-hydrogen) atoms. The zero-order chi connectivity index (χ0) is 18.4. The van der Waals surface area contributed by atoms with Crippen LogP contribution in [-0.4, -0.2) is 28.4 Å². The van der Waals surface area contributed by atoms with E-state index in [0.29, 0.717) is 23.5 Å². The molecule has 0 bridgehead atoms. The highest BCUT2D eigenvalue weighted by Gasteiger charge is 2.19. The number of aryl methyl sites for hydroxylation is 1. The number of rotatable bonds is 6. The average molecular weight is 342 g/mol. The Morgan fingerprint density at radius 2 is 2.04 bits per heavy atom. The summed E-state index contributed by atoms with van der Waals surface area (Å²) in [5, 5.41) is 2.80. The number of pyridine rings is 2. The molecule has 0 unspecified atom stereocenters. The Labute approximate surface area is 146 Å². The lowest BCUT2D eigenvalue weighted by molar-refractivity contribution is -0.116. The van der Waals surface area contributed by atoms with E-state index in [4.69, 9.17) is 0 Å². The predicted molar refractivity (Wildman–Crippen MR) is 96.8 cm³/mol. The van der Waals surface area contributed by atoms with E-state index >= 15 is 0 Å². The molecule has 2 amide bonds. The van der Waals surface area contributed by atoms with Gasteiger partial charge in [0.05, 0.1) is 11.3 Å². The number of nitrogens with one attached hydrogen (secondary N) is 1. The Morgan fingerprint density at radius 1 is 1.28 bits per heavy atom. The molecule has 0 fully saturated rings. The second-order valence-electron chi connectivity index (χ2n) is 5.76. The molecule has 0 saturated heterocycles. The van der Waals surface area contributed by atoms with Crippen molar-refractivity contribution in [1.29, 1.82) is 0 Å². The molecule has 2 rings (SSSR count). The average Bonchev–Trinajstić information content (AvgIpc) is 2.61. The standard InChI is InChI=1S/C18H22N4O3/c1-4-5-8-15(23)20-14-7-6-11-19-17(14)22(3)18(25)13-9-10-16(24)21(2)12-13/h6-7,9-12H,4-5,8H2,1-3H3,(H,20,23). The Hall–Kier alpha value is -2.96. The van der Waals surface area contributed by atoms with Gasteiger partial charge < -0.3 is 9.88 Å². The summed E-state index contributed by atoms with van der Waals surface area (Å²) in [6, 6.07) is 6.22. The monoisotopic (exact) mass is 342 g/mol. The minimum Gasteiger partial charge on any atom is -0.323 e. The molecule has 7 nitrogen and oxygen atoms in total. The Bertz CT molecular complexity index is 829. The van der Waals surface area contributed by atoms with Crippen molar-refractivity contribution in [3.05, 3.63) is 52.6 Å². The molecular formula is C18H22N4O3. The first-order valence-corrected chi connectivity index (χ1v) is 8.13. The molecule has 132 valence electrons. The smallest absolute Gasteiger partial charge is 0.260 e. The zero-order valence-corrected chi connectivity index (χ0v) is 14.7. The van der Waals surface area contributed by atoms with Gasteiger partial charge in [0.1, 0.15) is 0 Å². The molecule has 0 atom stereocenters. The SMILES string of the molecule is CCCCC(=O)Nc1cccnc1N(C)C(=O)c1ccc(=O)n(C)c1. The van der Waals surface area contributed by atoms with E-state index in [9.17, 15) is 14.4 Å². The summed E-state index contributed by atoms with van der Waals surface area (Å²) in [5.41, 5.74) is 0.642. The van der Waals surface area contributed by atoms with Crippen molar-refractivity contribution >= 4 is 23.3 Å². The van der Waals surface area contributed by atoms with Crippen LogP contribution in [0.1, 0.15) is 36.5 Å². The van der Waals surface area contributed by atoms with Crippen LogP contribution in [0.5, 0.6) is 0 Å². The summed E-state index contributed by atoms with van der Waals surface area (Å²) in [6.45, 7) is 2.02. The molecule has 7 heteroatoms. The largest absolute Gasteiger partial charge is 0.323 e. The van der Waals surface area contributed by atoms with E-state index < -0.39 is 0 Å². The summed E-state index contributed by atoms with van der Waals surface area (Å²) < 4.78 is 1.34. The molecule has 0 aliphatic carbocycles. The van der Waals surface area contributed by atoms with E-state index in [2.05, 4.69) is 10.3 Å². The van der Waals surface area contributed by atoms with Crippen LogP contribution in [0, 0.1) is 0 Å². The first kappa shape index (κ1) is 18.4. The van der Waals surface area contributed by atoms with Gasteiger partial charge in [0, 0.05) is 39.0 Å². The lowest BCUT2D eigenvalue weighted by Crippen LogP contribution is -2.30. The molecule has 2 aromatic heterocycles. The highest BCUT2D eigenvalue weighted by atomic mass is 16.2. The Morgan fingerprint density at radius 3 is 2.72 bits per heavy atom. The minimum atomic E-state index is -0.321. The van der Waals surface area contributed by atoms with Crippen molar-refractivity contribution in [2.75, 3.05) is 17.3 Å². The highest BCUT2D eigenvalue weighted by Crippen LogP contribution is 2.23. The van der Waals surface area contributed by atoms with Gasteiger partial charge >= 0.3 is 0 Å². The van der Waals surface area contributed by atoms with Crippen LogP contribution < -0.4 is 15.8 Å². The maximum Gasteiger partial charge on any atom is 0.260 e. The summed E-state index contributed by atoms with van der Waals surface area (Å²) in [6.07, 6.45) is 5.18. The van der Waals surface area contributed by atoms with Crippen molar-refractivity contribution in [1.82, 2.24) is 9.55 Å². The minimum absolute atomic E-state index is 0.112. The number of aromatic nitrogens is 2. The van der Waals surface area contributed by atoms with E-state index in [0.717, 1.165) is 12.8 Å². The molecule has 2 aromatic rings. The zero-order valence-electron chi connectivity index (χ0n) is 14.7. The van der Waals surface area contributed by atoms with Gasteiger partial charge in [-0.25, -0.2) is 4.98 Å². The van der Waals surface area contributed by atoms with E-state index in [-0.39, 0.29) is 17.4 Å². The summed E-state index contributed by atoms with van der Waals surface area (Å²) in [5.74, 6) is -0.0800. The lowest BCUT2D eigenvalue weighted by Gasteiger charge is -2.20. The van der Waals surface area contributed by atoms with Crippen molar-refractivity contribution < 1.29 is 9.59 Å². The molecule has 0 spiro atoms. The summed E-state index contributed by atoms with van der Waals surface area (Å²) in [4.78, 5) is 41.7. The van der Waals surface area contributed by atoms with Gasteiger partial charge in [-0.2, -0.15) is 0 Å². The van der Waals surface area contributed by atoms with Gasteiger partial charge in [0.2, 0.25) is 11.5 Å². The third kappa shape index (κ3) is 4.53.